The smallest absolute Gasteiger partial charge is 0.0309 e. The van der Waals surface area contributed by atoms with Crippen LogP contribution in [0.3, 0.4) is 0 Å². The molecule has 1 aliphatic rings. The van der Waals surface area contributed by atoms with Gasteiger partial charge < -0.3 is 11.1 Å². The molecule has 4 heteroatoms. The maximum absolute atomic E-state index is 5.48. The monoisotopic (exact) mass is 214 g/mol. The molecule has 4 nitrogen and oxygen atoms in total. The number of hydrogen-bond acceptors (Lipinski definition) is 4. The van der Waals surface area contributed by atoms with Crippen LogP contribution in [0, 0.1) is 0 Å². The average molecular weight is 214 g/mol. The van der Waals surface area contributed by atoms with Gasteiger partial charge in [0.1, 0.15) is 0 Å². The van der Waals surface area contributed by atoms with Crippen molar-refractivity contribution in [3.05, 3.63) is 0 Å². The molecule has 1 aliphatic heterocycles. The van der Waals surface area contributed by atoms with Crippen LogP contribution >= 0.6 is 0 Å². The SMILES string of the molecule is CC1(C)CN(NCCCN)CC(C)(C)N1. The lowest BCUT2D eigenvalue weighted by Crippen LogP contribution is -2.69. The molecule has 0 aromatic carbocycles. The molecule has 0 bridgehead atoms. The van der Waals surface area contributed by atoms with Crippen molar-refractivity contribution in [2.45, 2.75) is 45.2 Å². The fraction of sp³-hybridized carbons (Fsp3) is 1.00. The van der Waals surface area contributed by atoms with Crippen LogP contribution in [0.5, 0.6) is 0 Å². The molecule has 0 aliphatic carbocycles. The largest absolute Gasteiger partial charge is 0.330 e. The average Bonchev–Trinajstić information content (AvgIpc) is 1.98. The van der Waals surface area contributed by atoms with Crippen molar-refractivity contribution in [3.63, 3.8) is 0 Å². The van der Waals surface area contributed by atoms with Gasteiger partial charge in [0.05, 0.1) is 0 Å². The van der Waals surface area contributed by atoms with Gasteiger partial charge in [0, 0.05) is 30.7 Å². The lowest BCUT2D eigenvalue weighted by atomic mass is 9.92. The van der Waals surface area contributed by atoms with E-state index in [-0.39, 0.29) is 11.1 Å². The molecule has 0 aromatic heterocycles. The molecule has 1 heterocycles. The predicted octanol–water partition coefficient (Wildman–Crippen LogP) is 0.302. The molecule has 0 unspecified atom stereocenters. The summed E-state index contributed by atoms with van der Waals surface area (Å²) in [4.78, 5) is 0. The molecule has 90 valence electrons. The zero-order valence-corrected chi connectivity index (χ0v) is 10.6. The summed E-state index contributed by atoms with van der Waals surface area (Å²) in [5.41, 5.74) is 9.26. The molecular formula is C11H26N4. The van der Waals surface area contributed by atoms with Gasteiger partial charge in [0.2, 0.25) is 0 Å². The van der Waals surface area contributed by atoms with Crippen molar-refractivity contribution in [3.8, 4) is 0 Å². The third kappa shape index (κ3) is 4.47. The maximum Gasteiger partial charge on any atom is 0.0309 e. The van der Waals surface area contributed by atoms with Crippen LogP contribution < -0.4 is 16.5 Å². The minimum absolute atomic E-state index is 0.164. The van der Waals surface area contributed by atoms with Gasteiger partial charge in [0.25, 0.3) is 0 Å². The van der Waals surface area contributed by atoms with Crippen molar-refractivity contribution >= 4 is 0 Å². The van der Waals surface area contributed by atoms with Crippen molar-refractivity contribution in [1.82, 2.24) is 15.8 Å². The summed E-state index contributed by atoms with van der Waals surface area (Å²) < 4.78 is 0. The summed E-state index contributed by atoms with van der Waals surface area (Å²) in [7, 11) is 0. The number of nitrogens with zero attached hydrogens (tertiary/aromatic N) is 1. The summed E-state index contributed by atoms with van der Waals surface area (Å²) in [6.45, 7) is 12.8. The van der Waals surface area contributed by atoms with Gasteiger partial charge in [-0.25, -0.2) is 5.01 Å². The Balaban J connectivity index is 2.44. The lowest BCUT2D eigenvalue weighted by Gasteiger charge is -2.48. The number of rotatable bonds is 4. The first-order chi connectivity index (χ1) is 6.85. The first kappa shape index (κ1) is 12.9. The standard InChI is InChI=1S/C11H26N4/c1-10(2)8-15(13-7-5-6-12)9-11(3,4)14-10/h13-14H,5-9,12H2,1-4H3. The van der Waals surface area contributed by atoms with E-state index in [0.717, 1.165) is 32.6 Å². The molecule has 0 atom stereocenters. The van der Waals surface area contributed by atoms with Crippen LogP contribution in [-0.4, -0.2) is 42.3 Å². The molecule has 4 N–H and O–H groups in total. The number of hydrazine groups is 1. The van der Waals surface area contributed by atoms with Crippen molar-refractivity contribution in [2.24, 2.45) is 5.73 Å². The van der Waals surface area contributed by atoms with Gasteiger partial charge in [-0.1, -0.05) is 0 Å². The zero-order chi connectivity index (χ0) is 11.5. The normalized spacial score (nSPS) is 25.4. The highest BCUT2D eigenvalue weighted by molar-refractivity contribution is 4.96. The summed E-state index contributed by atoms with van der Waals surface area (Å²) in [6.07, 6.45) is 1.03. The molecule has 1 saturated heterocycles. The van der Waals surface area contributed by atoms with Crippen molar-refractivity contribution < 1.29 is 0 Å². The highest BCUT2D eigenvalue weighted by atomic mass is 15.5. The molecular weight excluding hydrogens is 188 g/mol. The molecule has 15 heavy (non-hydrogen) atoms. The molecule has 0 amide bonds. The van der Waals surface area contributed by atoms with Crippen LogP contribution in [0.4, 0.5) is 0 Å². The topological polar surface area (TPSA) is 53.3 Å². The Morgan fingerprint density at radius 1 is 1.20 bits per heavy atom. The second kappa shape index (κ2) is 4.78. The van der Waals surface area contributed by atoms with E-state index in [1.165, 1.54) is 0 Å². The first-order valence-corrected chi connectivity index (χ1v) is 5.82. The van der Waals surface area contributed by atoms with Gasteiger partial charge in [-0.3, -0.25) is 5.43 Å². The predicted molar refractivity (Wildman–Crippen MR) is 64.5 cm³/mol. The summed E-state index contributed by atoms with van der Waals surface area (Å²) >= 11 is 0. The van der Waals surface area contributed by atoms with Crippen molar-refractivity contribution in [2.75, 3.05) is 26.2 Å². The number of hydrogen-bond donors (Lipinski definition) is 3. The highest BCUT2D eigenvalue weighted by Crippen LogP contribution is 2.19. The van der Waals surface area contributed by atoms with E-state index in [2.05, 4.69) is 43.4 Å². The molecule has 0 saturated carbocycles. The Bertz CT molecular complexity index is 185. The van der Waals surface area contributed by atoms with Gasteiger partial charge in [-0.15, -0.1) is 0 Å². The van der Waals surface area contributed by atoms with Crippen LogP contribution in [0.2, 0.25) is 0 Å². The maximum atomic E-state index is 5.48. The number of nitrogens with one attached hydrogen (secondary N) is 2. The second-order valence-electron chi connectivity index (χ2n) is 5.80. The molecule has 1 rings (SSSR count). The van der Waals surface area contributed by atoms with Gasteiger partial charge in [-0.05, 0) is 40.7 Å². The molecule has 0 radical (unpaired) electrons. The first-order valence-electron chi connectivity index (χ1n) is 5.82. The highest BCUT2D eigenvalue weighted by Gasteiger charge is 2.36. The summed E-state index contributed by atoms with van der Waals surface area (Å²) in [6, 6.07) is 0. The van der Waals surface area contributed by atoms with Crippen LogP contribution in [0.15, 0.2) is 0 Å². The molecule has 1 fully saturated rings. The lowest BCUT2D eigenvalue weighted by molar-refractivity contribution is 0.0396. The zero-order valence-electron chi connectivity index (χ0n) is 10.6. The molecule has 0 spiro atoms. The van der Waals surface area contributed by atoms with E-state index in [4.69, 9.17) is 5.73 Å². The van der Waals surface area contributed by atoms with E-state index in [1.54, 1.807) is 0 Å². The second-order valence-corrected chi connectivity index (χ2v) is 5.80. The van der Waals surface area contributed by atoms with Gasteiger partial charge in [-0.2, -0.15) is 0 Å². The van der Waals surface area contributed by atoms with E-state index in [0.29, 0.717) is 0 Å². The van der Waals surface area contributed by atoms with Crippen molar-refractivity contribution in [1.29, 1.82) is 0 Å². The van der Waals surface area contributed by atoms with E-state index in [9.17, 15) is 0 Å². The Kier molecular flexibility index (Phi) is 4.12. The van der Waals surface area contributed by atoms with E-state index in [1.807, 2.05) is 0 Å². The third-order valence-corrected chi connectivity index (χ3v) is 2.57. The minimum atomic E-state index is 0.164. The minimum Gasteiger partial charge on any atom is -0.330 e. The van der Waals surface area contributed by atoms with Crippen LogP contribution in [0.1, 0.15) is 34.1 Å². The Hall–Kier alpha value is -0.160. The fourth-order valence-corrected chi connectivity index (χ4v) is 2.46. The van der Waals surface area contributed by atoms with E-state index < -0.39 is 0 Å². The summed E-state index contributed by atoms with van der Waals surface area (Å²) in [5, 5.41) is 5.96. The van der Waals surface area contributed by atoms with Gasteiger partial charge in [0.15, 0.2) is 0 Å². The number of piperazine rings is 1. The quantitative estimate of drug-likeness (QED) is 0.589. The summed E-state index contributed by atoms with van der Waals surface area (Å²) in [5.74, 6) is 0. The Morgan fingerprint density at radius 2 is 1.73 bits per heavy atom. The number of nitrogens with two attached hydrogens (primary N) is 1. The van der Waals surface area contributed by atoms with Crippen LogP contribution in [0.25, 0.3) is 0 Å². The Labute approximate surface area is 93.6 Å². The Morgan fingerprint density at radius 3 is 2.20 bits per heavy atom. The van der Waals surface area contributed by atoms with E-state index >= 15 is 0 Å². The molecule has 0 aromatic rings. The fourth-order valence-electron chi connectivity index (χ4n) is 2.46. The van der Waals surface area contributed by atoms with Crippen LogP contribution in [-0.2, 0) is 0 Å². The van der Waals surface area contributed by atoms with Gasteiger partial charge >= 0.3 is 0 Å². The third-order valence-electron chi connectivity index (χ3n) is 2.57.